The van der Waals surface area contributed by atoms with E-state index in [0.29, 0.717) is 0 Å². The predicted molar refractivity (Wildman–Crippen MR) is 76.2 cm³/mol. The molecule has 1 heteroatoms. The van der Waals surface area contributed by atoms with Crippen LogP contribution in [-0.4, -0.2) is 0 Å². The van der Waals surface area contributed by atoms with Crippen molar-refractivity contribution in [2.24, 2.45) is 0 Å². The summed E-state index contributed by atoms with van der Waals surface area (Å²) in [5.74, 6) is 0. The highest BCUT2D eigenvalue weighted by molar-refractivity contribution is 5.52. The van der Waals surface area contributed by atoms with Crippen molar-refractivity contribution in [2.75, 3.05) is 0 Å². The minimum Gasteiger partial charge on any atom is -0.361 e. The van der Waals surface area contributed by atoms with Crippen LogP contribution >= 0.6 is 0 Å². The maximum Gasteiger partial charge on any atom is 0.119 e. The van der Waals surface area contributed by atoms with Crippen LogP contribution in [0, 0.1) is 13.8 Å². The number of hydrogen-bond donors (Lipinski definition) is 0. The zero-order valence-electron chi connectivity index (χ0n) is 11.5. The smallest absolute Gasteiger partial charge is 0.119 e. The summed E-state index contributed by atoms with van der Waals surface area (Å²) in [6.07, 6.45) is 2.22. The third-order valence-corrected chi connectivity index (χ3v) is 4.83. The Balaban J connectivity index is 1.96. The molecule has 2 aromatic carbocycles. The van der Waals surface area contributed by atoms with Gasteiger partial charge in [0.05, 0.1) is 6.61 Å². The minimum atomic E-state index is -0.162. The molecule has 1 aliphatic heterocycles. The molecule has 0 amide bonds. The Labute approximate surface area is 114 Å². The zero-order valence-corrected chi connectivity index (χ0v) is 11.5. The highest BCUT2D eigenvalue weighted by Crippen LogP contribution is 2.50. The summed E-state index contributed by atoms with van der Waals surface area (Å²) >= 11 is 0. The van der Waals surface area contributed by atoms with Gasteiger partial charge in [0, 0.05) is 0 Å². The largest absolute Gasteiger partial charge is 0.361 e. The Kier molecular flexibility index (Phi) is 2.19. The van der Waals surface area contributed by atoms with E-state index >= 15 is 0 Å². The van der Waals surface area contributed by atoms with Crippen molar-refractivity contribution in [1.29, 1.82) is 0 Å². The molecule has 0 fully saturated rings. The summed E-state index contributed by atoms with van der Waals surface area (Å²) in [7, 11) is 0. The van der Waals surface area contributed by atoms with E-state index in [4.69, 9.17) is 4.74 Å². The first kappa shape index (κ1) is 11.2. The predicted octanol–water partition coefficient (Wildman–Crippen LogP) is 4.02. The van der Waals surface area contributed by atoms with Gasteiger partial charge in [-0.2, -0.15) is 0 Å². The number of ether oxygens (including phenoxy) is 1. The van der Waals surface area contributed by atoms with Gasteiger partial charge >= 0.3 is 0 Å². The number of rotatable bonds is 0. The Morgan fingerprint density at radius 3 is 2.63 bits per heavy atom. The Morgan fingerprint density at radius 1 is 0.947 bits per heavy atom. The molecule has 1 heterocycles. The fourth-order valence-corrected chi connectivity index (χ4v) is 3.65. The molecule has 0 saturated heterocycles. The van der Waals surface area contributed by atoms with Gasteiger partial charge in [0.15, 0.2) is 0 Å². The molecule has 0 aromatic heterocycles. The first-order valence-corrected chi connectivity index (χ1v) is 7.04. The Morgan fingerprint density at radius 2 is 1.74 bits per heavy atom. The number of hydrogen-bond acceptors (Lipinski definition) is 1. The van der Waals surface area contributed by atoms with Gasteiger partial charge < -0.3 is 4.74 Å². The number of benzene rings is 2. The van der Waals surface area contributed by atoms with Gasteiger partial charge in [0.1, 0.15) is 5.60 Å². The monoisotopic (exact) mass is 250 g/mol. The van der Waals surface area contributed by atoms with Crippen LogP contribution in [0.15, 0.2) is 36.4 Å². The molecule has 0 bridgehead atoms. The van der Waals surface area contributed by atoms with E-state index in [1.807, 2.05) is 0 Å². The lowest BCUT2D eigenvalue weighted by Crippen LogP contribution is -2.23. The van der Waals surface area contributed by atoms with Crippen molar-refractivity contribution < 1.29 is 4.74 Å². The van der Waals surface area contributed by atoms with E-state index in [1.165, 1.54) is 33.4 Å². The van der Waals surface area contributed by atoms with Crippen molar-refractivity contribution in [3.8, 4) is 0 Å². The topological polar surface area (TPSA) is 9.23 Å². The van der Waals surface area contributed by atoms with Gasteiger partial charge in [-0.1, -0.05) is 36.4 Å². The first-order chi connectivity index (χ1) is 9.21. The number of aryl methyl sites for hydroxylation is 3. The normalized spacial score (nSPS) is 23.7. The molecule has 2 aliphatic rings. The van der Waals surface area contributed by atoms with Crippen LogP contribution in [-0.2, 0) is 23.4 Å². The second-order valence-corrected chi connectivity index (χ2v) is 5.87. The fourth-order valence-electron chi connectivity index (χ4n) is 3.65. The van der Waals surface area contributed by atoms with E-state index in [9.17, 15) is 0 Å². The maximum absolute atomic E-state index is 6.29. The summed E-state index contributed by atoms with van der Waals surface area (Å²) in [5.41, 5.74) is 8.21. The standard InChI is InChI=1S/C18H18O/c1-12-9-14-7-8-18(17(14)10-13(12)2)16-6-4-3-5-15(16)11-19-18/h3-6,9-10H,7-8,11H2,1-2H3. The van der Waals surface area contributed by atoms with E-state index in [0.717, 1.165) is 19.4 Å². The van der Waals surface area contributed by atoms with Gasteiger partial charge in [-0.25, -0.2) is 0 Å². The van der Waals surface area contributed by atoms with Crippen LogP contribution in [0.2, 0.25) is 0 Å². The molecule has 96 valence electrons. The second-order valence-electron chi connectivity index (χ2n) is 5.87. The summed E-state index contributed by atoms with van der Waals surface area (Å²) in [6.45, 7) is 5.15. The number of fused-ring (bicyclic) bond motifs is 4. The molecule has 0 radical (unpaired) electrons. The Hall–Kier alpha value is -1.60. The molecule has 1 nitrogen and oxygen atoms in total. The maximum atomic E-state index is 6.29. The average molecular weight is 250 g/mol. The lowest BCUT2D eigenvalue weighted by Gasteiger charge is -2.26. The van der Waals surface area contributed by atoms with Crippen molar-refractivity contribution in [1.82, 2.24) is 0 Å². The molecule has 1 spiro atoms. The summed E-state index contributed by atoms with van der Waals surface area (Å²) in [5, 5.41) is 0. The van der Waals surface area contributed by atoms with Crippen LogP contribution in [0.4, 0.5) is 0 Å². The molecule has 1 atom stereocenters. The molecule has 1 aliphatic carbocycles. The molecule has 0 N–H and O–H groups in total. The summed E-state index contributed by atoms with van der Waals surface area (Å²) in [6, 6.07) is 13.4. The van der Waals surface area contributed by atoms with Gasteiger partial charge in [0.25, 0.3) is 0 Å². The van der Waals surface area contributed by atoms with Crippen LogP contribution < -0.4 is 0 Å². The van der Waals surface area contributed by atoms with E-state index in [1.54, 1.807) is 0 Å². The van der Waals surface area contributed by atoms with E-state index in [2.05, 4.69) is 50.2 Å². The molecular formula is C18H18O. The SMILES string of the molecule is Cc1cc2c(cc1C)C1(CC2)OCc2ccccc21. The molecule has 1 unspecified atom stereocenters. The zero-order chi connectivity index (χ0) is 13.0. The van der Waals surface area contributed by atoms with E-state index < -0.39 is 0 Å². The van der Waals surface area contributed by atoms with Crippen molar-refractivity contribution in [3.05, 3.63) is 69.8 Å². The van der Waals surface area contributed by atoms with Gasteiger partial charge in [-0.3, -0.25) is 0 Å². The fraction of sp³-hybridized carbons (Fsp3) is 0.333. The highest BCUT2D eigenvalue weighted by Gasteiger charge is 2.46. The Bertz CT molecular complexity index is 671. The molecule has 2 aromatic rings. The first-order valence-electron chi connectivity index (χ1n) is 7.04. The minimum absolute atomic E-state index is 0.162. The molecule has 0 saturated carbocycles. The summed E-state index contributed by atoms with van der Waals surface area (Å²) in [4.78, 5) is 0. The summed E-state index contributed by atoms with van der Waals surface area (Å²) < 4.78 is 6.29. The average Bonchev–Trinajstić information content (AvgIpc) is 2.96. The van der Waals surface area contributed by atoms with Gasteiger partial charge in [0.2, 0.25) is 0 Å². The van der Waals surface area contributed by atoms with Crippen LogP contribution in [0.5, 0.6) is 0 Å². The lowest BCUT2D eigenvalue weighted by molar-refractivity contribution is -0.00355. The van der Waals surface area contributed by atoms with Crippen LogP contribution in [0.3, 0.4) is 0 Å². The van der Waals surface area contributed by atoms with Crippen molar-refractivity contribution in [2.45, 2.75) is 38.9 Å². The van der Waals surface area contributed by atoms with Crippen LogP contribution in [0.25, 0.3) is 0 Å². The van der Waals surface area contributed by atoms with E-state index in [-0.39, 0.29) is 5.60 Å². The van der Waals surface area contributed by atoms with Gasteiger partial charge in [-0.05, 0) is 60.1 Å². The molecular weight excluding hydrogens is 232 g/mol. The quantitative estimate of drug-likeness (QED) is 0.686. The highest BCUT2D eigenvalue weighted by atomic mass is 16.5. The second kappa shape index (κ2) is 3.71. The third kappa shape index (κ3) is 1.39. The van der Waals surface area contributed by atoms with Crippen molar-refractivity contribution >= 4 is 0 Å². The molecule has 19 heavy (non-hydrogen) atoms. The lowest BCUT2D eigenvalue weighted by atomic mass is 9.86. The third-order valence-electron chi connectivity index (χ3n) is 4.83. The van der Waals surface area contributed by atoms with Crippen molar-refractivity contribution in [3.63, 3.8) is 0 Å². The van der Waals surface area contributed by atoms with Gasteiger partial charge in [-0.15, -0.1) is 0 Å². The molecule has 4 rings (SSSR count). The van der Waals surface area contributed by atoms with Crippen LogP contribution in [0.1, 0.15) is 39.8 Å².